The van der Waals surface area contributed by atoms with Gasteiger partial charge < -0.3 is 10.2 Å². The van der Waals surface area contributed by atoms with E-state index in [9.17, 15) is 8.78 Å². The van der Waals surface area contributed by atoms with E-state index in [1.165, 1.54) is 6.07 Å². The molecule has 0 bridgehead atoms. The van der Waals surface area contributed by atoms with Gasteiger partial charge in [0.2, 0.25) is 5.88 Å². The average molecular weight is 266 g/mol. The van der Waals surface area contributed by atoms with Gasteiger partial charge in [0.25, 0.3) is 0 Å². The number of nitrogens with two attached hydrogens (primary N) is 1. The maximum Gasteiger partial charge on any atom is 0.224 e. The van der Waals surface area contributed by atoms with E-state index in [0.29, 0.717) is 18.1 Å². The molecule has 1 aromatic heterocycles. The minimum absolute atomic E-state index is 0.0150. The average Bonchev–Trinajstić information content (AvgIpc) is 2.37. The first-order valence-corrected chi connectivity index (χ1v) is 5.59. The van der Waals surface area contributed by atoms with Crippen LogP contribution in [-0.2, 0) is 6.42 Å². The number of nitrogens with one attached hydrogen (secondary N) is 1. The van der Waals surface area contributed by atoms with Crippen LogP contribution in [0.5, 0.6) is 11.6 Å². The van der Waals surface area contributed by atoms with Crippen LogP contribution in [0.15, 0.2) is 24.3 Å². The Morgan fingerprint density at radius 1 is 1.16 bits per heavy atom. The normalized spacial score (nSPS) is 10.3. The maximum atomic E-state index is 13.0. The highest BCUT2D eigenvalue weighted by Gasteiger charge is 2.07. The van der Waals surface area contributed by atoms with E-state index < -0.39 is 11.6 Å². The summed E-state index contributed by atoms with van der Waals surface area (Å²) in [6, 6.07) is 4.32. The Morgan fingerprint density at radius 2 is 1.84 bits per heavy atom. The van der Waals surface area contributed by atoms with Crippen LogP contribution in [0, 0.1) is 11.6 Å². The van der Waals surface area contributed by atoms with Crippen LogP contribution >= 0.6 is 0 Å². The minimum atomic E-state index is -0.725. The molecule has 0 unspecified atom stereocenters. The van der Waals surface area contributed by atoms with Crippen LogP contribution in [0.3, 0.4) is 0 Å². The van der Waals surface area contributed by atoms with Gasteiger partial charge >= 0.3 is 0 Å². The molecule has 0 spiro atoms. The van der Waals surface area contributed by atoms with Gasteiger partial charge in [0.1, 0.15) is 29.0 Å². The lowest BCUT2D eigenvalue weighted by Gasteiger charge is -2.08. The SMILES string of the molecule is CCc1nc(NN)cc(Oc2cc(F)cc(F)c2)n1. The molecule has 2 rings (SSSR count). The quantitative estimate of drug-likeness (QED) is 0.656. The molecule has 3 N–H and O–H groups in total. The largest absolute Gasteiger partial charge is 0.439 e. The number of halogens is 2. The molecule has 0 saturated carbocycles. The molecule has 2 aromatic rings. The highest BCUT2D eigenvalue weighted by Crippen LogP contribution is 2.23. The van der Waals surface area contributed by atoms with Crippen molar-refractivity contribution >= 4 is 5.82 Å². The molecular formula is C12H12F2N4O. The fraction of sp³-hybridized carbons (Fsp3) is 0.167. The molecule has 7 heteroatoms. The number of nitrogens with zero attached hydrogens (tertiary/aromatic N) is 2. The molecule has 0 amide bonds. The number of hydrogen-bond acceptors (Lipinski definition) is 5. The topological polar surface area (TPSA) is 73.1 Å². The zero-order valence-corrected chi connectivity index (χ0v) is 10.2. The monoisotopic (exact) mass is 266 g/mol. The van der Waals surface area contributed by atoms with Crippen molar-refractivity contribution in [2.75, 3.05) is 5.43 Å². The van der Waals surface area contributed by atoms with Crippen molar-refractivity contribution in [3.63, 3.8) is 0 Å². The number of benzene rings is 1. The highest BCUT2D eigenvalue weighted by molar-refractivity contribution is 5.39. The summed E-state index contributed by atoms with van der Waals surface area (Å²) in [4.78, 5) is 8.15. The Morgan fingerprint density at radius 3 is 2.42 bits per heavy atom. The van der Waals surface area contributed by atoms with Crippen molar-refractivity contribution in [2.45, 2.75) is 13.3 Å². The molecular weight excluding hydrogens is 254 g/mol. The molecule has 0 fully saturated rings. The van der Waals surface area contributed by atoms with Crippen LogP contribution in [0.25, 0.3) is 0 Å². The van der Waals surface area contributed by atoms with Crippen molar-refractivity contribution in [3.05, 3.63) is 41.7 Å². The number of anilines is 1. The molecule has 5 nitrogen and oxygen atoms in total. The standard InChI is InChI=1S/C12H12F2N4O/c1-2-10-16-11(18-15)6-12(17-10)19-9-4-7(13)3-8(14)5-9/h3-6H,2,15H2,1H3,(H,16,17,18). The van der Waals surface area contributed by atoms with Gasteiger partial charge in [-0.2, -0.15) is 4.98 Å². The Hall–Kier alpha value is -2.28. The fourth-order valence-electron chi connectivity index (χ4n) is 1.47. The number of aryl methyl sites for hydroxylation is 1. The Labute approximate surface area is 108 Å². The van der Waals surface area contributed by atoms with Crippen LogP contribution in [0.4, 0.5) is 14.6 Å². The smallest absolute Gasteiger partial charge is 0.224 e. The molecule has 0 atom stereocenters. The minimum Gasteiger partial charge on any atom is -0.439 e. The summed E-state index contributed by atoms with van der Waals surface area (Å²) < 4.78 is 31.4. The first-order valence-electron chi connectivity index (χ1n) is 5.59. The lowest BCUT2D eigenvalue weighted by atomic mass is 10.3. The van der Waals surface area contributed by atoms with E-state index in [-0.39, 0.29) is 11.6 Å². The molecule has 19 heavy (non-hydrogen) atoms. The maximum absolute atomic E-state index is 13.0. The second-order valence-electron chi connectivity index (χ2n) is 3.71. The van der Waals surface area contributed by atoms with Gasteiger partial charge in [0, 0.05) is 30.7 Å². The first kappa shape index (κ1) is 13.2. The third-order valence-corrected chi connectivity index (χ3v) is 2.27. The van der Waals surface area contributed by atoms with Crippen molar-refractivity contribution in [1.29, 1.82) is 0 Å². The summed E-state index contributed by atoms with van der Waals surface area (Å²) in [5.74, 6) is 4.85. The van der Waals surface area contributed by atoms with Crippen LogP contribution in [0.1, 0.15) is 12.7 Å². The summed E-state index contributed by atoms with van der Waals surface area (Å²) in [5.41, 5.74) is 2.37. The lowest BCUT2D eigenvalue weighted by Crippen LogP contribution is -2.10. The first-order chi connectivity index (χ1) is 9.10. The summed E-state index contributed by atoms with van der Waals surface area (Å²) in [5, 5.41) is 0. The zero-order valence-electron chi connectivity index (χ0n) is 10.2. The zero-order chi connectivity index (χ0) is 13.8. The summed E-state index contributed by atoms with van der Waals surface area (Å²) in [6.45, 7) is 1.86. The van der Waals surface area contributed by atoms with Gasteiger partial charge in [-0.15, -0.1) is 0 Å². The van der Waals surface area contributed by atoms with Crippen LogP contribution in [-0.4, -0.2) is 9.97 Å². The molecule has 0 aliphatic heterocycles. The lowest BCUT2D eigenvalue weighted by molar-refractivity contribution is 0.448. The summed E-state index contributed by atoms with van der Waals surface area (Å²) in [7, 11) is 0. The summed E-state index contributed by atoms with van der Waals surface area (Å²) >= 11 is 0. The fourth-order valence-corrected chi connectivity index (χ4v) is 1.47. The predicted molar refractivity (Wildman–Crippen MR) is 65.7 cm³/mol. The number of hydrogen-bond donors (Lipinski definition) is 2. The number of hydrazine groups is 1. The van der Waals surface area contributed by atoms with Crippen molar-refractivity contribution in [3.8, 4) is 11.6 Å². The van der Waals surface area contributed by atoms with Gasteiger partial charge in [-0.1, -0.05) is 6.92 Å². The Bertz CT molecular complexity index is 549. The van der Waals surface area contributed by atoms with E-state index in [4.69, 9.17) is 10.6 Å². The molecule has 100 valence electrons. The molecule has 1 heterocycles. The van der Waals surface area contributed by atoms with E-state index in [1.807, 2.05) is 6.92 Å². The number of ether oxygens (including phenoxy) is 1. The van der Waals surface area contributed by atoms with Crippen LogP contribution < -0.4 is 16.0 Å². The third-order valence-electron chi connectivity index (χ3n) is 2.27. The Kier molecular flexibility index (Phi) is 3.86. The van der Waals surface area contributed by atoms with E-state index in [2.05, 4.69) is 15.4 Å². The number of nitrogen functional groups attached to an aromatic ring is 1. The molecule has 0 aliphatic carbocycles. The van der Waals surface area contributed by atoms with Gasteiger partial charge in [-0.3, -0.25) is 0 Å². The molecule has 0 saturated heterocycles. The molecule has 1 aromatic carbocycles. The second-order valence-corrected chi connectivity index (χ2v) is 3.71. The van der Waals surface area contributed by atoms with E-state index >= 15 is 0 Å². The van der Waals surface area contributed by atoms with E-state index in [1.54, 1.807) is 0 Å². The van der Waals surface area contributed by atoms with Gasteiger partial charge in [0.05, 0.1) is 0 Å². The van der Waals surface area contributed by atoms with E-state index in [0.717, 1.165) is 18.2 Å². The number of rotatable bonds is 4. The molecule has 0 aliphatic rings. The van der Waals surface area contributed by atoms with Gasteiger partial charge in [-0.05, 0) is 0 Å². The third kappa shape index (κ3) is 3.35. The second kappa shape index (κ2) is 5.57. The predicted octanol–water partition coefficient (Wildman–Crippen LogP) is 2.40. The number of aromatic nitrogens is 2. The molecule has 0 radical (unpaired) electrons. The van der Waals surface area contributed by atoms with Gasteiger partial charge in [-0.25, -0.2) is 19.6 Å². The highest BCUT2D eigenvalue weighted by atomic mass is 19.1. The summed E-state index contributed by atoms with van der Waals surface area (Å²) in [6.07, 6.45) is 0.573. The van der Waals surface area contributed by atoms with Crippen molar-refractivity contribution in [1.82, 2.24) is 9.97 Å². The van der Waals surface area contributed by atoms with Crippen LogP contribution in [0.2, 0.25) is 0 Å². The van der Waals surface area contributed by atoms with Gasteiger partial charge in [0.15, 0.2) is 0 Å². The van der Waals surface area contributed by atoms with Crippen molar-refractivity contribution in [2.24, 2.45) is 5.84 Å². The Balaban J connectivity index is 2.31. The van der Waals surface area contributed by atoms with Crippen molar-refractivity contribution < 1.29 is 13.5 Å².